The number of aliphatic hydroxyl groups excluding tert-OH is 1. The maximum Gasteiger partial charge on any atom is 0.230 e. The number of ether oxygens (including phenoxy) is 3. The van der Waals surface area contributed by atoms with Crippen LogP contribution >= 0.6 is 0 Å². The summed E-state index contributed by atoms with van der Waals surface area (Å²) in [6.45, 7) is 3.17. The summed E-state index contributed by atoms with van der Waals surface area (Å²) in [6.07, 6.45) is -1.23. The van der Waals surface area contributed by atoms with Gasteiger partial charge in [0.15, 0.2) is 5.78 Å². The molecule has 4 rings (SSSR count). The van der Waals surface area contributed by atoms with Gasteiger partial charge in [-0.15, -0.1) is 0 Å². The van der Waals surface area contributed by atoms with Crippen LogP contribution in [0.25, 0.3) is 0 Å². The summed E-state index contributed by atoms with van der Waals surface area (Å²) in [4.78, 5) is 13.0. The van der Waals surface area contributed by atoms with Gasteiger partial charge in [0, 0.05) is 17.2 Å². The van der Waals surface area contributed by atoms with Gasteiger partial charge in [0.05, 0.1) is 5.92 Å². The first-order valence-corrected chi connectivity index (χ1v) is 8.21. The summed E-state index contributed by atoms with van der Waals surface area (Å²) >= 11 is 0. The fourth-order valence-electron chi connectivity index (χ4n) is 3.40. The van der Waals surface area contributed by atoms with Gasteiger partial charge in [-0.1, -0.05) is 6.07 Å². The first kappa shape index (κ1) is 16.5. The lowest BCUT2D eigenvalue weighted by Gasteiger charge is -2.31. The predicted octanol–water partition coefficient (Wildman–Crippen LogP) is 2.20. The fraction of sp³-hybridized carbons (Fsp3) is 0.316. The van der Waals surface area contributed by atoms with Gasteiger partial charge in [-0.05, 0) is 31.9 Å². The zero-order valence-electron chi connectivity index (χ0n) is 14.3. The highest BCUT2D eigenvalue weighted by molar-refractivity contribution is 6.05. The summed E-state index contributed by atoms with van der Waals surface area (Å²) in [6, 6.07) is 5.25. The number of benzene rings is 2. The Morgan fingerprint density at radius 1 is 1.12 bits per heavy atom. The number of fused-ring (bicyclic) bond motifs is 3. The molecular weight excluding hydrogens is 340 g/mol. The Bertz CT molecular complexity index is 919. The van der Waals surface area contributed by atoms with E-state index in [0.29, 0.717) is 17.1 Å². The summed E-state index contributed by atoms with van der Waals surface area (Å²) < 4.78 is 16.2. The van der Waals surface area contributed by atoms with Crippen molar-refractivity contribution in [1.82, 2.24) is 0 Å². The molecule has 2 aromatic rings. The standard InChI is InChI=1S/C19H18O7/c1-8-15(20)9(2)18-14(16(8)21)17(22)12(19(23)26-18)5-10-3-4-11-6-13(10)25-7-24-11/h3-4,6,12,19-21,23H,5,7H2,1-2H3. The number of ketones is 1. The lowest BCUT2D eigenvalue weighted by atomic mass is 9.85. The van der Waals surface area contributed by atoms with Crippen LogP contribution in [0.4, 0.5) is 0 Å². The van der Waals surface area contributed by atoms with Gasteiger partial charge in [-0.2, -0.15) is 0 Å². The van der Waals surface area contributed by atoms with Crippen molar-refractivity contribution in [3.63, 3.8) is 0 Å². The van der Waals surface area contributed by atoms with Crippen LogP contribution in [0.3, 0.4) is 0 Å². The Balaban J connectivity index is 1.74. The van der Waals surface area contributed by atoms with Crippen LogP contribution in [0.5, 0.6) is 28.7 Å². The minimum absolute atomic E-state index is 0.0115. The SMILES string of the molecule is Cc1c(O)c(C)c2c(c1O)C(=O)C(Cc1ccc3cc1OCO3)C(O)O2. The number of aliphatic hydroxyl groups is 1. The Hall–Kier alpha value is -2.93. The molecule has 2 aromatic carbocycles. The van der Waals surface area contributed by atoms with E-state index in [4.69, 9.17) is 14.2 Å². The van der Waals surface area contributed by atoms with Gasteiger partial charge >= 0.3 is 0 Å². The minimum Gasteiger partial charge on any atom is -0.507 e. The maximum atomic E-state index is 13.0. The smallest absolute Gasteiger partial charge is 0.230 e. The summed E-state index contributed by atoms with van der Waals surface area (Å²) in [5.41, 5.74) is 1.23. The number of hydrogen-bond donors (Lipinski definition) is 3. The van der Waals surface area contributed by atoms with E-state index in [1.54, 1.807) is 25.1 Å². The number of aromatic hydroxyl groups is 2. The predicted molar refractivity (Wildman–Crippen MR) is 90.0 cm³/mol. The minimum atomic E-state index is -1.40. The molecule has 2 bridgehead atoms. The molecule has 2 atom stereocenters. The maximum absolute atomic E-state index is 13.0. The number of phenolic OH excluding ortho intramolecular Hbond substituents is 2. The molecule has 7 nitrogen and oxygen atoms in total. The van der Waals surface area contributed by atoms with Crippen molar-refractivity contribution in [3.05, 3.63) is 40.5 Å². The highest BCUT2D eigenvalue weighted by Crippen LogP contribution is 2.46. The molecule has 0 saturated heterocycles. The molecule has 0 amide bonds. The molecule has 7 heteroatoms. The number of hydrogen-bond acceptors (Lipinski definition) is 7. The van der Waals surface area contributed by atoms with E-state index in [0.717, 1.165) is 5.56 Å². The third-order valence-electron chi connectivity index (χ3n) is 4.95. The summed E-state index contributed by atoms with van der Waals surface area (Å²) in [5.74, 6) is -0.565. The topological polar surface area (TPSA) is 105 Å². The Morgan fingerprint density at radius 2 is 1.88 bits per heavy atom. The number of carbonyl (C=O) groups excluding carboxylic acids is 1. The van der Waals surface area contributed by atoms with E-state index in [1.165, 1.54) is 6.92 Å². The molecule has 136 valence electrons. The van der Waals surface area contributed by atoms with Crippen LogP contribution in [0.2, 0.25) is 0 Å². The number of rotatable bonds is 2. The molecule has 0 spiro atoms. The molecule has 2 aliphatic rings. The highest BCUT2D eigenvalue weighted by atomic mass is 16.7. The van der Waals surface area contributed by atoms with Crippen molar-refractivity contribution in [1.29, 1.82) is 0 Å². The monoisotopic (exact) mass is 358 g/mol. The summed E-state index contributed by atoms with van der Waals surface area (Å²) in [7, 11) is 0. The van der Waals surface area contributed by atoms with Gasteiger partial charge in [0.1, 0.15) is 34.3 Å². The number of Topliss-reactive ketones (excluding diaryl/α,β-unsaturated/α-hetero) is 1. The molecule has 0 aliphatic carbocycles. The quantitative estimate of drug-likeness (QED) is 0.756. The van der Waals surface area contributed by atoms with Crippen LogP contribution in [0.15, 0.2) is 18.2 Å². The van der Waals surface area contributed by atoms with E-state index in [9.17, 15) is 20.1 Å². The average molecular weight is 358 g/mol. The first-order valence-electron chi connectivity index (χ1n) is 8.21. The molecule has 0 aromatic heterocycles. The van der Waals surface area contributed by atoms with Crippen molar-refractivity contribution in [2.45, 2.75) is 26.6 Å². The highest BCUT2D eigenvalue weighted by Gasteiger charge is 2.41. The zero-order valence-corrected chi connectivity index (χ0v) is 14.3. The molecule has 0 saturated carbocycles. The third-order valence-corrected chi connectivity index (χ3v) is 4.95. The fourth-order valence-corrected chi connectivity index (χ4v) is 3.40. The van der Waals surface area contributed by atoms with Gasteiger partial charge in [0.2, 0.25) is 13.1 Å². The largest absolute Gasteiger partial charge is 0.507 e. The van der Waals surface area contributed by atoms with Crippen molar-refractivity contribution in [3.8, 4) is 28.7 Å². The van der Waals surface area contributed by atoms with Gasteiger partial charge < -0.3 is 29.5 Å². The van der Waals surface area contributed by atoms with Crippen molar-refractivity contribution < 1.29 is 34.3 Å². The lowest BCUT2D eigenvalue weighted by molar-refractivity contribution is -0.0600. The Labute approximate surface area is 149 Å². The van der Waals surface area contributed by atoms with Crippen molar-refractivity contribution in [2.24, 2.45) is 5.92 Å². The van der Waals surface area contributed by atoms with E-state index < -0.39 is 18.0 Å². The van der Waals surface area contributed by atoms with Crippen LogP contribution in [0, 0.1) is 19.8 Å². The first-order chi connectivity index (χ1) is 12.4. The zero-order chi connectivity index (χ0) is 18.6. The van der Waals surface area contributed by atoms with Crippen LogP contribution < -0.4 is 14.2 Å². The van der Waals surface area contributed by atoms with E-state index in [1.807, 2.05) is 0 Å². The molecule has 3 N–H and O–H groups in total. The number of carbonyl (C=O) groups is 1. The molecule has 0 radical (unpaired) electrons. The third kappa shape index (κ3) is 2.35. The van der Waals surface area contributed by atoms with E-state index in [2.05, 4.69) is 0 Å². The Morgan fingerprint density at radius 3 is 2.65 bits per heavy atom. The second-order valence-electron chi connectivity index (χ2n) is 6.51. The van der Waals surface area contributed by atoms with Crippen molar-refractivity contribution >= 4 is 5.78 Å². The van der Waals surface area contributed by atoms with Gasteiger partial charge in [-0.3, -0.25) is 4.79 Å². The second-order valence-corrected chi connectivity index (χ2v) is 6.51. The molecule has 2 heterocycles. The molecule has 0 fully saturated rings. The van der Waals surface area contributed by atoms with Crippen LogP contribution in [-0.4, -0.2) is 34.2 Å². The lowest BCUT2D eigenvalue weighted by Crippen LogP contribution is -2.39. The normalized spacial score (nSPS) is 20.7. The van der Waals surface area contributed by atoms with Crippen LogP contribution in [0.1, 0.15) is 27.0 Å². The average Bonchev–Trinajstić information content (AvgIpc) is 2.63. The van der Waals surface area contributed by atoms with Gasteiger partial charge in [0.25, 0.3) is 0 Å². The van der Waals surface area contributed by atoms with E-state index in [-0.39, 0.29) is 41.6 Å². The second kappa shape index (κ2) is 5.81. The van der Waals surface area contributed by atoms with E-state index >= 15 is 0 Å². The molecular formula is C19H18O7. The molecule has 26 heavy (non-hydrogen) atoms. The number of phenols is 2. The molecule has 2 unspecified atom stereocenters. The van der Waals surface area contributed by atoms with Crippen molar-refractivity contribution in [2.75, 3.05) is 6.79 Å². The molecule has 2 aliphatic heterocycles. The Kier molecular flexibility index (Phi) is 3.69. The summed E-state index contributed by atoms with van der Waals surface area (Å²) in [5, 5.41) is 30.8. The van der Waals surface area contributed by atoms with Gasteiger partial charge in [-0.25, -0.2) is 0 Å². The van der Waals surface area contributed by atoms with Crippen LogP contribution in [-0.2, 0) is 6.42 Å².